The fourth-order valence-corrected chi connectivity index (χ4v) is 0.619. The van der Waals surface area contributed by atoms with Crippen molar-refractivity contribution in [2.45, 2.75) is 13.3 Å². The first kappa shape index (κ1) is 10.8. The van der Waals surface area contributed by atoms with Gasteiger partial charge in [0.2, 0.25) is 5.28 Å². The first-order valence-corrected chi connectivity index (χ1v) is 3.58. The van der Waals surface area contributed by atoms with Crippen LogP contribution in [0.5, 0.6) is 0 Å². The lowest BCUT2D eigenvalue weighted by Gasteiger charge is -1.91. The molecule has 0 aliphatic rings. The van der Waals surface area contributed by atoms with Gasteiger partial charge in [0.1, 0.15) is 0 Å². The van der Waals surface area contributed by atoms with Gasteiger partial charge in [0, 0.05) is 12.4 Å². The summed E-state index contributed by atoms with van der Waals surface area (Å²) in [6.45, 7) is 2.05. The average molecular weight is 187 g/mol. The molecule has 0 saturated carbocycles. The quantitative estimate of drug-likeness (QED) is 0.617. The Bertz CT molecular complexity index is 255. The molecule has 0 aromatic carbocycles. The van der Waals surface area contributed by atoms with Gasteiger partial charge in [0.25, 0.3) is 0 Å². The molecule has 0 aliphatic heterocycles. The van der Waals surface area contributed by atoms with Gasteiger partial charge in [-0.15, -0.1) is 0 Å². The third-order valence-corrected chi connectivity index (χ3v) is 1.28. The summed E-state index contributed by atoms with van der Waals surface area (Å²) < 4.78 is 0. The SMILES string of the molecule is CCc1cnc(Cl)nc1.O=C=O. The van der Waals surface area contributed by atoms with E-state index in [1.807, 2.05) is 6.92 Å². The molecule has 0 saturated heterocycles. The van der Waals surface area contributed by atoms with Crippen LogP contribution in [0.3, 0.4) is 0 Å². The van der Waals surface area contributed by atoms with E-state index in [4.69, 9.17) is 21.2 Å². The predicted molar refractivity (Wildman–Crippen MR) is 41.4 cm³/mol. The van der Waals surface area contributed by atoms with Gasteiger partial charge in [-0.05, 0) is 23.6 Å². The van der Waals surface area contributed by atoms with Crippen molar-refractivity contribution in [2.24, 2.45) is 0 Å². The Balaban J connectivity index is 0.000000354. The molecule has 0 N–H and O–H groups in total. The van der Waals surface area contributed by atoms with Crippen LogP contribution < -0.4 is 0 Å². The first-order chi connectivity index (χ1) is 5.74. The van der Waals surface area contributed by atoms with E-state index >= 15 is 0 Å². The lowest BCUT2D eigenvalue weighted by molar-refractivity contribution is -0.191. The van der Waals surface area contributed by atoms with Gasteiger partial charge >= 0.3 is 6.15 Å². The van der Waals surface area contributed by atoms with E-state index in [1.165, 1.54) is 0 Å². The number of rotatable bonds is 1. The van der Waals surface area contributed by atoms with Crippen LogP contribution in [0.1, 0.15) is 12.5 Å². The Morgan fingerprint density at radius 2 is 1.83 bits per heavy atom. The molecule has 0 aliphatic carbocycles. The molecule has 0 unspecified atom stereocenters. The smallest absolute Gasteiger partial charge is 0.226 e. The molecule has 12 heavy (non-hydrogen) atoms. The van der Waals surface area contributed by atoms with Crippen LogP contribution in [0, 0.1) is 0 Å². The molecule has 64 valence electrons. The van der Waals surface area contributed by atoms with Crippen molar-refractivity contribution < 1.29 is 9.59 Å². The first-order valence-electron chi connectivity index (χ1n) is 3.20. The van der Waals surface area contributed by atoms with Gasteiger partial charge in [0.05, 0.1) is 0 Å². The second kappa shape index (κ2) is 6.46. The summed E-state index contributed by atoms with van der Waals surface area (Å²) >= 11 is 5.45. The summed E-state index contributed by atoms with van der Waals surface area (Å²) in [5.41, 5.74) is 1.11. The van der Waals surface area contributed by atoms with Gasteiger partial charge in [-0.3, -0.25) is 0 Å². The van der Waals surface area contributed by atoms with Crippen molar-refractivity contribution in [1.82, 2.24) is 9.97 Å². The number of hydrogen-bond acceptors (Lipinski definition) is 4. The standard InChI is InChI=1S/C6H7ClN2.CO2/c1-2-5-3-8-6(7)9-4-5;2-1-3/h3-4H,2H2,1H3;. The van der Waals surface area contributed by atoms with Crippen molar-refractivity contribution in [3.05, 3.63) is 23.2 Å². The summed E-state index contributed by atoms with van der Waals surface area (Å²) in [5.74, 6) is 0. The topological polar surface area (TPSA) is 59.9 Å². The van der Waals surface area contributed by atoms with Crippen molar-refractivity contribution in [3.8, 4) is 0 Å². The van der Waals surface area contributed by atoms with Crippen LogP contribution in [0.15, 0.2) is 12.4 Å². The molecule has 0 atom stereocenters. The Hall–Kier alpha value is -1.25. The van der Waals surface area contributed by atoms with Gasteiger partial charge in [-0.25, -0.2) is 9.97 Å². The van der Waals surface area contributed by atoms with E-state index < -0.39 is 0 Å². The summed E-state index contributed by atoms with van der Waals surface area (Å²) in [6.07, 6.45) is 4.67. The molecular weight excluding hydrogens is 180 g/mol. The van der Waals surface area contributed by atoms with Gasteiger partial charge in [-0.2, -0.15) is 9.59 Å². The van der Waals surface area contributed by atoms with E-state index in [0.29, 0.717) is 5.28 Å². The number of nitrogens with zero attached hydrogens (tertiary/aromatic N) is 2. The molecule has 1 heterocycles. The van der Waals surface area contributed by atoms with Crippen molar-refractivity contribution in [3.63, 3.8) is 0 Å². The molecule has 0 radical (unpaired) electrons. The molecular formula is C7H7ClN2O2. The highest BCUT2D eigenvalue weighted by molar-refractivity contribution is 6.28. The van der Waals surface area contributed by atoms with E-state index in [2.05, 4.69) is 9.97 Å². The van der Waals surface area contributed by atoms with Crippen LogP contribution >= 0.6 is 11.6 Å². The number of aromatic nitrogens is 2. The Morgan fingerprint density at radius 1 is 1.42 bits per heavy atom. The summed E-state index contributed by atoms with van der Waals surface area (Å²) in [5, 5.41) is 0.312. The Labute approximate surface area is 74.6 Å². The van der Waals surface area contributed by atoms with Crippen LogP contribution in [0.25, 0.3) is 0 Å². The Kier molecular flexibility index (Phi) is 5.79. The van der Waals surface area contributed by atoms with E-state index in [-0.39, 0.29) is 6.15 Å². The molecule has 0 fully saturated rings. The van der Waals surface area contributed by atoms with Gasteiger partial charge < -0.3 is 0 Å². The zero-order valence-corrected chi connectivity index (χ0v) is 7.21. The normalized spacial score (nSPS) is 7.83. The van der Waals surface area contributed by atoms with Crippen molar-refractivity contribution >= 4 is 17.8 Å². The lowest BCUT2D eigenvalue weighted by Crippen LogP contribution is -1.85. The second-order valence-electron chi connectivity index (χ2n) is 1.80. The third-order valence-electron chi connectivity index (χ3n) is 1.08. The maximum absolute atomic E-state index is 8.12. The average Bonchev–Trinajstić information content (AvgIpc) is 2.07. The molecule has 5 heteroatoms. The zero-order chi connectivity index (χ0) is 9.40. The number of carbonyl (C=O) groups excluding carboxylic acids is 2. The van der Waals surface area contributed by atoms with Crippen LogP contribution in [0.4, 0.5) is 0 Å². The monoisotopic (exact) mass is 186 g/mol. The number of halogens is 1. The minimum Gasteiger partial charge on any atom is -0.226 e. The summed E-state index contributed by atoms with van der Waals surface area (Å²) in [6, 6.07) is 0. The van der Waals surface area contributed by atoms with E-state index in [1.54, 1.807) is 12.4 Å². The largest absolute Gasteiger partial charge is 0.373 e. The lowest BCUT2D eigenvalue weighted by atomic mass is 10.3. The van der Waals surface area contributed by atoms with Crippen LogP contribution in [-0.4, -0.2) is 16.1 Å². The molecule has 1 aromatic rings. The van der Waals surface area contributed by atoms with Crippen LogP contribution in [0.2, 0.25) is 5.28 Å². The molecule has 1 rings (SSSR count). The zero-order valence-electron chi connectivity index (χ0n) is 6.45. The molecule has 4 nitrogen and oxygen atoms in total. The highest BCUT2D eigenvalue weighted by Gasteiger charge is 1.89. The highest BCUT2D eigenvalue weighted by Crippen LogP contribution is 1.99. The molecule has 0 amide bonds. The summed E-state index contributed by atoms with van der Waals surface area (Å²) in [4.78, 5) is 23.9. The van der Waals surface area contributed by atoms with Crippen molar-refractivity contribution in [1.29, 1.82) is 0 Å². The van der Waals surface area contributed by atoms with E-state index in [9.17, 15) is 0 Å². The predicted octanol–water partition coefficient (Wildman–Crippen LogP) is 1.11. The van der Waals surface area contributed by atoms with Crippen LogP contribution in [-0.2, 0) is 16.0 Å². The second-order valence-corrected chi connectivity index (χ2v) is 2.14. The minimum atomic E-state index is 0.250. The van der Waals surface area contributed by atoms with Gasteiger partial charge in [0.15, 0.2) is 0 Å². The maximum atomic E-state index is 8.12. The Morgan fingerprint density at radius 3 is 2.17 bits per heavy atom. The maximum Gasteiger partial charge on any atom is 0.373 e. The summed E-state index contributed by atoms with van der Waals surface area (Å²) in [7, 11) is 0. The molecule has 1 aromatic heterocycles. The highest BCUT2D eigenvalue weighted by atomic mass is 35.5. The third kappa shape index (κ3) is 4.55. The number of hydrogen-bond donors (Lipinski definition) is 0. The molecule has 0 spiro atoms. The fourth-order valence-electron chi connectivity index (χ4n) is 0.522. The number of aryl methyl sites for hydroxylation is 1. The van der Waals surface area contributed by atoms with Crippen molar-refractivity contribution in [2.75, 3.05) is 0 Å². The molecule has 0 bridgehead atoms. The van der Waals surface area contributed by atoms with Gasteiger partial charge in [-0.1, -0.05) is 6.92 Å². The minimum absolute atomic E-state index is 0.250. The fraction of sp³-hybridized carbons (Fsp3) is 0.286. The van der Waals surface area contributed by atoms with E-state index in [0.717, 1.165) is 12.0 Å².